The van der Waals surface area contributed by atoms with Crippen LogP contribution in [0.3, 0.4) is 0 Å². The number of hydrogen-bond acceptors (Lipinski definition) is 6. The van der Waals surface area contributed by atoms with Gasteiger partial charge in [-0.2, -0.15) is 9.78 Å². The van der Waals surface area contributed by atoms with Crippen molar-refractivity contribution in [3.63, 3.8) is 0 Å². The highest BCUT2D eigenvalue weighted by molar-refractivity contribution is 7.20. The van der Waals surface area contributed by atoms with Crippen molar-refractivity contribution in [2.75, 3.05) is 5.32 Å². The summed E-state index contributed by atoms with van der Waals surface area (Å²) in [5.41, 5.74) is 7.38. The number of carbonyl (C=O) groups excluding carboxylic acids is 1. The van der Waals surface area contributed by atoms with E-state index in [9.17, 15) is 4.79 Å². The zero-order valence-corrected chi connectivity index (χ0v) is 17.7. The molecule has 0 unspecified atom stereocenters. The van der Waals surface area contributed by atoms with Crippen molar-refractivity contribution in [3.8, 4) is 5.13 Å². The van der Waals surface area contributed by atoms with Crippen molar-refractivity contribution in [2.45, 2.75) is 20.8 Å². The minimum atomic E-state index is -0.186. The lowest BCUT2D eigenvalue weighted by atomic mass is 10.1. The number of aromatic nitrogens is 4. The van der Waals surface area contributed by atoms with Gasteiger partial charge in [0.1, 0.15) is 5.82 Å². The van der Waals surface area contributed by atoms with Gasteiger partial charge in [-0.3, -0.25) is 4.79 Å². The first-order valence-electron chi connectivity index (χ1n) is 9.07. The van der Waals surface area contributed by atoms with Crippen LogP contribution in [0.15, 0.2) is 41.9 Å². The summed E-state index contributed by atoms with van der Waals surface area (Å²) in [7, 11) is 0. The number of rotatable bonds is 3. The molecule has 0 aliphatic carbocycles. The van der Waals surface area contributed by atoms with Crippen molar-refractivity contribution in [3.05, 3.63) is 64.3 Å². The van der Waals surface area contributed by atoms with Gasteiger partial charge in [-0.05, 0) is 56.2 Å². The molecule has 2 aromatic carbocycles. The fraction of sp³-hybridized carbons (Fsp3) is 0.143. The summed E-state index contributed by atoms with van der Waals surface area (Å²) in [6.45, 7) is 6.04. The van der Waals surface area contributed by atoms with Gasteiger partial charge in [0.2, 0.25) is 5.13 Å². The Bertz CT molecular complexity index is 1400. The van der Waals surface area contributed by atoms with Crippen molar-refractivity contribution in [2.24, 2.45) is 0 Å². The van der Waals surface area contributed by atoms with E-state index in [-0.39, 0.29) is 5.91 Å². The molecule has 6 nitrogen and oxygen atoms in total. The minimum Gasteiger partial charge on any atom is -0.306 e. The Hall–Kier alpha value is -3.10. The van der Waals surface area contributed by atoms with Crippen LogP contribution >= 0.6 is 22.7 Å². The molecule has 5 aromatic rings. The van der Waals surface area contributed by atoms with Gasteiger partial charge < -0.3 is 5.32 Å². The van der Waals surface area contributed by atoms with E-state index in [1.54, 1.807) is 27.6 Å². The number of nitrogens with one attached hydrogen (secondary N) is 1. The highest BCUT2D eigenvalue weighted by Gasteiger charge is 2.16. The van der Waals surface area contributed by atoms with Crippen LogP contribution in [0.5, 0.6) is 0 Å². The first-order valence-corrected chi connectivity index (χ1v) is 10.8. The summed E-state index contributed by atoms with van der Waals surface area (Å²) >= 11 is 3.08. The lowest BCUT2D eigenvalue weighted by molar-refractivity contribution is 0.102. The van der Waals surface area contributed by atoms with Crippen LogP contribution < -0.4 is 5.32 Å². The predicted molar refractivity (Wildman–Crippen MR) is 119 cm³/mol. The maximum absolute atomic E-state index is 12.9. The third-order valence-corrected chi connectivity index (χ3v) is 6.44. The molecule has 1 amide bonds. The van der Waals surface area contributed by atoms with Crippen molar-refractivity contribution < 1.29 is 4.79 Å². The number of fused-ring (bicyclic) bond motifs is 2. The largest absolute Gasteiger partial charge is 0.306 e. The molecule has 0 radical (unpaired) electrons. The van der Waals surface area contributed by atoms with Crippen LogP contribution in [0.1, 0.15) is 27.2 Å². The predicted octanol–water partition coefficient (Wildman–Crippen LogP) is 5.27. The number of anilines is 1. The number of thiazole rings is 2. The fourth-order valence-corrected chi connectivity index (χ4v) is 5.19. The highest BCUT2D eigenvalue weighted by atomic mass is 32.1. The van der Waals surface area contributed by atoms with Gasteiger partial charge in [-0.15, -0.1) is 11.3 Å². The van der Waals surface area contributed by atoms with E-state index in [1.165, 1.54) is 16.9 Å². The fourth-order valence-electron chi connectivity index (χ4n) is 3.37. The molecule has 0 fully saturated rings. The van der Waals surface area contributed by atoms with Gasteiger partial charge in [-0.1, -0.05) is 17.4 Å². The molecule has 0 bridgehead atoms. The van der Waals surface area contributed by atoms with E-state index < -0.39 is 0 Å². The molecule has 144 valence electrons. The second kappa shape index (κ2) is 6.75. The molecule has 8 heteroatoms. The molecule has 0 spiro atoms. The Morgan fingerprint density at radius 3 is 2.79 bits per heavy atom. The summed E-state index contributed by atoms with van der Waals surface area (Å²) in [5, 5.41) is 8.28. The first-order chi connectivity index (χ1) is 14.0. The van der Waals surface area contributed by atoms with Crippen LogP contribution in [0, 0.1) is 20.8 Å². The van der Waals surface area contributed by atoms with E-state index in [1.807, 2.05) is 25.1 Å². The second-order valence-corrected chi connectivity index (χ2v) is 8.89. The van der Waals surface area contributed by atoms with Crippen molar-refractivity contribution in [1.82, 2.24) is 19.7 Å². The van der Waals surface area contributed by atoms with Crippen LogP contribution in [0.25, 0.3) is 25.6 Å². The van der Waals surface area contributed by atoms with Crippen LogP contribution in [0.4, 0.5) is 5.82 Å². The maximum Gasteiger partial charge on any atom is 0.256 e. The first kappa shape index (κ1) is 18.0. The summed E-state index contributed by atoms with van der Waals surface area (Å²) in [5.74, 6) is 0.417. The lowest BCUT2D eigenvalue weighted by Gasteiger charge is -2.06. The summed E-state index contributed by atoms with van der Waals surface area (Å²) in [6, 6.07) is 11.6. The molecule has 29 heavy (non-hydrogen) atoms. The standard InChI is InChI=1S/C21H17N5OS2/c1-11-6-12(2)19-17(7-11)29-21(24-19)26-18(8-13(3)25-26)23-20(27)14-4-5-15-16(9-14)28-10-22-15/h4-10H,1-3H3,(H,23,27). The molecular weight excluding hydrogens is 402 g/mol. The Morgan fingerprint density at radius 2 is 1.93 bits per heavy atom. The molecule has 0 atom stereocenters. The van der Waals surface area contributed by atoms with E-state index in [0.29, 0.717) is 11.4 Å². The van der Waals surface area contributed by atoms with E-state index in [4.69, 9.17) is 4.98 Å². The van der Waals surface area contributed by atoms with Gasteiger partial charge in [0.05, 0.1) is 31.6 Å². The van der Waals surface area contributed by atoms with Crippen LogP contribution in [0.2, 0.25) is 0 Å². The summed E-state index contributed by atoms with van der Waals surface area (Å²) in [6.07, 6.45) is 0. The molecule has 0 saturated heterocycles. The molecule has 0 aliphatic heterocycles. The summed E-state index contributed by atoms with van der Waals surface area (Å²) < 4.78 is 3.80. The van der Waals surface area contributed by atoms with E-state index >= 15 is 0 Å². The van der Waals surface area contributed by atoms with E-state index in [0.717, 1.165) is 36.8 Å². The van der Waals surface area contributed by atoms with Crippen molar-refractivity contribution >= 4 is 54.8 Å². The Balaban J connectivity index is 1.52. The second-order valence-electron chi connectivity index (χ2n) is 7.00. The quantitative estimate of drug-likeness (QED) is 0.432. The zero-order chi connectivity index (χ0) is 20.1. The third kappa shape index (κ3) is 3.20. The number of aryl methyl sites for hydroxylation is 3. The van der Waals surface area contributed by atoms with E-state index in [2.05, 4.69) is 41.4 Å². The molecular formula is C21H17N5OS2. The smallest absolute Gasteiger partial charge is 0.256 e. The average molecular weight is 420 g/mol. The van der Waals surface area contributed by atoms with Gasteiger partial charge in [0.25, 0.3) is 5.91 Å². The van der Waals surface area contributed by atoms with Crippen LogP contribution in [-0.2, 0) is 0 Å². The molecule has 0 saturated carbocycles. The topological polar surface area (TPSA) is 72.7 Å². The Labute approximate surface area is 174 Å². The number of hydrogen-bond donors (Lipinski definition) is 1. The zero-order valence-electron chi connectivity index (χ0n) is 16.1. The third-order valence-electron chi connectivity index (χ3n) is 4.67. The van der Waals surface area contributed by atoms with Gasteiger partial charge >= 0.3 is 0 Å². The number of nitrogens with zero attached hydrogens (tertiary/aromatic N) is 4. The SMILES string of the molecule is Cc1cc(C)c2nc(-n3nc(C)cc3NC(=O)c3ccc4ncsc4c3)sc2c1. The van der Waals surface area contributed by atoms with Crippen molar-refractivity contribution in [1.29, 1.82) is 0 Å². The van der Waals surface area contributed by atoms with Gasteiger partial charge in [-0.25, -0.2) is 9.97 Å². The highest BCUT2D eigenvalue weighted by Crippen LogP contribution is 2.30. The normalized spacial score (nSPS) is 11.4. The average Bonchev–Trinajstić information content (AvgIpc) is 3.38. The molecule has 3 aromatic heterocycles. The number of benzene rings is 2. The lowest BCUT2D eigenvalue weighted by Crippen LogP contribution is -2.15. The monoisotopic (exact) mass is 419 g/mol. The van der Waals surface area contributed by atoms with Gasteiger partial charge in [0.15, 0.2) is 0 Å². The molecule has 3 heterocycles. The Kier molecular flexibility index (Phi) is 4.18. The number of amides is 1. The molecule has 5 rings (SSSR count). The number of carbonyl (C=O) groups is 1. The molecule has 1 N–H and O–H groups in total. The molecule has 0 aliphatic rings. The Morgan fingerprint density at radius 1 is 1.07 bits per heavy atom. The minimum absolute atomic E-state index is 0.186. The summed E-state index contributed by atoms with van der Waals surface area (Å²) in [4.78, 5) is 21.9. The van der Waals surface area contributed by atoms with Crippen LogP contribution in [-0.4, -0.2) is 25.7 Å². The maximum atomic E-state index is 12.9. The van der Waals surface area contributed by atoms with Gasteiger partial charge in [0, 0.05) is 11.6 Å².